The molecule has 5 heteroatoms. The van der Waals surface area contributed by atoms with Gasteiger partial charge in [0.2, 0.25) is 0 Å². The quantitative estimate of drug-likeness (QED) is 0.256. The zero-order chi connectivity index (χ0) is 7.40. The maximum atomic E-state index is 10.7. The van der Waals surface area contributed by atoms with Crippen LogP contribution in [0.15, 0.2) is 0 Å². The van der Waals surface area contributed by atoms with E-state index in [4.69, 9.17) is 5.21 Å². The highest BCUT2D eigenvalue weighted by atomic mass is 16.5. The molecule has 0 aromatic rings. The summed E-state index contributed by atoms with van der Waals surface area (Å²) in [5.74, 6) is -0.382. The van der Waals surface area contributed by atoms with E-state index in [9.17, 15) is 4.79 Å². The van der Waals surface area contributed by atoms with Crippen LogP contribution in [0.5, 0.6) is 0 Å². The topological polar surface area (TPSA) is 73.4 Å². The van der Waals surface area contributed by atoms with Crippen LogP contribution < -0.4 is 16.1 Å². The van der Waals surface area contributed by atoms with Crippen molar-refractivity contribution >= 4 is 5.91 Å². The Balaban J connectivity index is 2.31. The predicted molar refractivity (Wildman–Crippen MR) is 34.6 cm³/mol. The largest absolute Gasteiger partial charge is 0.313 e. The van der Waals surface area contributed by atoms with E-state index in [2.05, 4.69) is 10.6 Å². The normalized spacial score (nSPS) is 25.9. The van der Waals surface area contributed by atoms with Crippen molar-refractivity contribution in [3.63, 3.8) is 0 Å². The lowest BCUT2D eigenvalue weighted by Crippen LogP contribution is -2.55. The number of hydrogen-bond donors (Lipinski definition) is 4. The van der Waals surface area contributed by atoms with Crippen molar-refractivity contribution in [2.24, 2.45) is 0 Å². The molecule has 4 N–H and O–H groups in total. The van der Waals surface area contributed by atoms with Gasteiger partial charge in [-0.25, -0.2) is 5.48 Å². The van der Waals surface area contributed by atoms with E-state index in [0.717, 1.165) is 13.1 Å². The van der Waals surface area contributed by atoms with Crippen LogP contribution in [0.3, 0.4) is 0 Å². The van der Waals surface area contributed by atoms with Crippen molar-refractivity contribution in [1.29, 1.82) is 0 Å². The van der Waals surface area contributed by atoms with Gasteiger partial charge in [0.25, 0.3) is 5.91 Å². The van der Waals surface area contributed by atoms with Crippen LogP contribution in [0.1, 0.15) is 0 Å². The summed E-state index contributed by atoms with van der Waals surface area (Å²) in [6.07, 6.45) is 0. The molecular formula is C5H11N3O2. The first-order chi connectivity index (χ1) is 4.84. The van der Waals surface area contributed by atoms with E-state index in [-0.39, 0.29) is 11.9 Å². The summed E-state index contributed by atoms with van der Waals surface area (Å²) in [6.45, 7) is 2.21. The lowest BCUT2D eigenvalue weighted by atomic mass is 10.2. The van der Waals surface area contributed by atoms with Crippen LogP contribution in [0, 0.1) is 0 Å². The van der Waals surface area contributed by atoms with Crippen molar-refractivity contribution < 1.29 is 10.0 Å². The zero-order valence-electron chi connectivity index (χ0n) is 5.55. The molecule has 0 bridgehead atoms. The maximum Gasteiger partial charge on any atom is 0.261 e. The third kappa shape index (κ3) is 1.66. The molecule has 5 nitrogen and oxygen atoms in total. The van der Waals surface area contributed by atoms with Crippen molar-refractivity contribution in [2.45, 2.75) is 6.04 Å². The lowest BCUT2D eigenvalue weighted by Gasteiger charge is -2.21. The van der Waals surface area contributed by atoms with Gasteiger partial charge in [0.15, 0.2) is 0 Å². The zero-order valence-corrected chi connectivity index (χ0v) is 5.55. The summed E-state index contributed by atoms with van der Waals surface area (Å²) < 4.78 is 0. The SMILES string of the molecule is O=C(NO)[C@H]1CNCCN1. The van der Waals surface area contributed by atoms with Gasteiger partial charge in [0.1, 0.15) is 6.04 Å². The highest BCUT2D eigenvalue weighted by Gasteiger charge is 2.18. The first kappa shape index (κ1) is 7.46. The van der Waals surface area contributed by atoms with E-state index in [1.54, 1.807) is 5.48 Å². The molecule has 1 aliphatic rings. The van der Waals surface area contributed by atoms with Crippen LogP contribution in [0.25, 0.3) is 0 Å². The van der Waals surface area contributed by atoms with E-state index in [0.29, 0.717) is 6.54 Å². The monoisotopic (exact) mass is 145 g/mol. The number of piperazine rings is 1. The summed E-state index contributed by atoms with van der Waals surface area (Å²) >= 11 is 0. The van der Waals surface area contributed by atoms with Gasteiger partial charge in [-0.15, -0.1) is 0 Å². The first-order valence-corrected chi connectivity index (χ1v) is 3.22. The number of carbonyl (C=O) groups excluding carboxylic acids is 1. The molecule has 0 aromatic heterocycles. The number of hydroxylamine groups is 1. The highest BCUT2D eigenvalue weighted by Crippen LogP contribution is 1.85. The minimum absolute atomic E-state index is 0.293. The van der Waals surface area contributed by atoms with Crippen molar-refractivity contribution in [3.05, 3.63) is 0 Å². The fourth-order valence-electron chi connectivity index (χ4n) is 0.917. The van der Waals surface area contributed by atoms with Gasteiger partial charge in [-0.3, -0.25) is 10.0 Å². The van der Waals surface area contributed by atoms with Crippen molar-refractivity contribution in [2.75, 3.05) is 19.6 Å². The van der Waals surface area contributed by atoms with Gasteiger partial charge in [0.05, 0.1) is 0 Å². The third-order valence-corrected chi connectivity index (χ3v) is 1.47. The average molecular weight is 145 g/mol. The molecule has 0 radical (unpaired) electrons. The van der Waals surface area contributed by atoms with Crippen LogP contribution >= 0.6 is 0 Å². The Morgan fingerprint density at radius 2 is 2.40 bits per heavy atom. The predicted octanol–water partition coefficient (Wildman–Crippen LogP) is -1.95. The van der Waals surface area contributed by atoms with Gasteiger partial charge < -0.3 is 10.6 Å². The number of amides is 1. The Labute approximate surface area is 58.8 Å². The van der Waals surface area contributed by atoms with Crippen molar-refractivity contribution in [1.82, 2.24) is 16.1 Å². The Hall–Kier alpha value is -0.650. The molecule has 1 rings (SSSR count). The van der Waals surface area contributed by atoms with E-state index in [1.807, 2.05) is 0 Å². The fraction of sp³-hybridized carbons (Fsp3) is 0.800. The molecule has 1 aliphatic heterocycles. The molecule has 1 saturated heterocycles. The third-order valence-electron chi connectivity index (χ3n) is 1.47. The lowest BCUT2D eigenvalue weighted by molar-refractivity contribution is -0.131. The second kappa shape index (κ2) is 3.50. The number of nitrogens with one attached hydrogen (secondary N) is 3. The summed E-state index contributed by atoms with van der Waals surface area (Å²) in [5, 5.41) is 14.2. The molecular weight excluding hydrogens is 134 g/mol. The number of hydrogen-bond acceptors (Lipinski definition) is 4. The minimum Gasteiger partial charge on any atom is -0.313 e. The summed E-state index contributed by atoms with van der Waals surface area (Å²) in [4.78, 5) is 10.7. The Bertz CT molecular complexity index is 122. The van der Waals surface area contributed by atoms with Gasteiger partial charge in [0, 0.05) is 19.6 Å². The van der Waals surface area contributed by atoms with Crippen molar-refractivity contribution in [3.8, 4) is 0 Å². The molecule has 0 spiro atoms. The fourth-order valence-corrected chi connectivity index (χ4v) is 0.917. The smallest absolute Gasteiger partial charge is 0.261 e. The van der Waals surface area contributed by atoms with Crippen LogP contribution in [-0.4, -0.2) is 36.8 Å². The Morgan fingerprint density at radius 3 is 2.90 bits per heavy atom. The molecule has 10 heavy (non-hydrogen) atoms. The van der Waals surface area contributed by atoms with E-state index in [1.165, 1.54) is 0 Å². The van der Waals surface area contributed by atoms with Gasteiger partial charge >= 0.3 is 0 Å². The van der Waals surface area contributed by atoms with Gasteiger partial charge in [-0.2, -0.15) is 0 Å². The number of rotatable bonds is 1. The van der Waals surface area contributed by atoms with Gasteiger partial charge in [-0.05, 0) is 0 Å². The second-order valence-electron chi connectivity index (χ2n) is 2.19. The molecule has 1 heterocycles. The molecule has 0 aliphatic carbocycles. The first-order valence-electron chi connectivity index (χ1n) is 3.22. The molecule has 0 unspecified atom stereocenters. The van der Waals surface area contributed by atoms with Crippen LogP contribution in [0.4, 0.5) is 0 Å². The summed E-state index contributed by atoms with van der Waals surface area (Å²) in [7, 11) is 0. The second-order valence-corrected chi connectivity index (χ2v) is 2.19. The van der Waals surface area contributed by atoms with Gasteiger partial charge in [-0.1, -0.05) is 0 Å². The average Bonchev–Trinajstić information content (AvgIpc) is 2.05. The molecule has 1 fully saturated rings. The van der Waals surface area contributed by atoms with E-state index < -0.39 is 0 Å². The van der Waals surface area contributed by atoms with Crippen LogP contribution in [-0.2, 0) is 4.79 Å². The molecule has 58 valence electrons. The molecule has 1 atom stereocenters. The summed E-state index contributed by atoms with van der Waals surface area (Å²) in [6, 6.07) is -0.293. The summed E-state index contributed by atoms with van der Waals surface area (Å²) in [5.41, 5.74) is 1.59. The van der Waals surface area contributed by atoms with Crippen LogP contribution in [0.2, 0.25) is 0 Å². The minimum atomic E-state index is -0.382. The standard InChI is InChI=1S/C5H11N3O2/c9-5(8-10)4-3-6-1-2-7-4/h4,6-7,10H,1-3H2,(H,8,9)/t4-/m1/s1. The highest BCUT2D eigenvalue weighted by molar-refractivity contribution is 5.80. The maximum absolute atomic E-state index is 10.7. The molecule has 1 amide bonds. The molecule has 0 saturated carbocycles. The Kier molecular flexibility index (Phi) is 2.61. The number of carbonyl (C=O) groups is 1. The van der Waals surface area contributed by atoms with E-state index >= 15 is 0 Å². The molecule has 0 aromatic carbocycles. The Morgan fingerprint density at radius 1 is 1.60 bits per heavy atom.